The van der Waals surface area contributed by atoms with Gasteiger partial charge in [-0.1, -0.05) is 43.2 Å². The number of ether oxygens (including phenoxy) is 1. The van der Waals surface area contributed by atoms with E-state index in [0.717, 1.165) is 25.8 Å². The molecule has 1 aromatic carbocycles. The van der Waals surface area contributed by atoms with E-state index in [4.69, 9.17) is 4.74 Å². The van der Waals surface area contributed by atoms with E-state index in [2.05, 4.69) is 17.0 Å². The van der Waals surface area contributed by atoms with Crippen molar-refractivity contribution in [1.29, 1.82) is 0 Å². The molecule has 1 unspecified atom stereocenters. The first-order chi connectivity index (χ1) is 14.6. The van der Waals surface area contributed by atoms with Gasteiger partial charge in [-0.3, -0.25) is 14.5 Å². The van der Waals surface area contributed by atoms with Crippen LogP contribution in [0.1, 0.15) is 45.1 Å². The minimum atomic E-state index is -0.132. The van der Waals surface area contributed by atoms with E-state index in [1.54, 1.807) is 4.90 Å². The molecule has 3 rings (SSSR count). The van der Waals surface area contributed by atoms with Crippen molar-refractivity contribution >= 4 is 11.8 Å². The summed E-state index contributed by atoms with van der Waals surface area (Å²) in [5, 5.41) is 0. The Hall–Kier alpha value is -1.92. The van der Waals surface area contributed by atoms with E-state index >= 15 is 0 Å². The summed E-state index contributed by atoms with van der Waals surface area (Å²) in [5.74, 6) is 0.206. The first kappa shape index (κ1) is 22.8. The van der Waals surface area contributed by atoms with E-state index in [0.29, 0.717) is 38.8 Å². The van der Waals surface area contributed by atoms with Crippen molar-refractivity contribution in [1.82, 2.24) is 14.7 Å². The average Bonchev–Trinajstić information content (AvgIpc) is 3.25. The molecule has 0 bridgehead atoms. The second-order valence-corrected chi connectivity index (χ2v) is 8.44. The van der Waals surface area contributed by atoms with Crippen LogP contribution in [0.15, 0.2) is 30.3 Å². The fourth-order valence-electron chi connectivity index (χ4n) is 4.64. The maximum Gasteiger partial charge on any atom is 0.248 e. The van der Waals surface area contributed by atoms with Crippen LogP contribution in [0.5, 0.6) is 0 Å². The number of amides is 2. The van der Waals surface area contributed by atoms with Gasteiger partial charge in [0.25, 0.3) is 0 Å². The van der Waals surface area contributed by atoms with E-state index in [1.807, 2.05) is 36.9 Å². The van der Waals surface area contributed by atoms with Gasteiger partial charge in [-0.2, -0.15) is 0 Å². The topological polar surface area (TPSA) is 53.1 Å². The second kappa shape index (κ2) is 11.5. The standard InChI is InChI=1S/C24H37N3O3/c1-3-25(4-2)24(29)19-30-22-16-26(15-14-20-10-6-5-7-11-20)23(28)18-27(17-22)21-12-8-9-13-21/h5-7,10-11,21-22H,3-4,8-9,12-19H2,1-2H3. The van der Waals surface area contributed by atoms with Crippen LogP contribution in [-0.2, 0) is 20.7 Å². The van der Waals surface area contributed by atoms with E-state index < -0.39 is 0 Å². The number of hydrogen-bond donors (Lipinski definition) is 0. The highest BCUT2D eigenvalue weighted by atomic mass is 16.5. The Morgan fingerprint density at radius 1 is 1.10 bits per heavy atom. The van der Waals surface area contributed by atoms with Gasteiger partial charge in [0.2, 0.25) is 11.8 Å². The quantitative estimate of drug-likeness (QED) is 0.622. The molecule has 30 heavy (non-hydrogen) atoms. The number of likely N-dealkylation sites (N-methyl/N-ethyl adjacent to an activating group) is 1. The Balaban J connectivity index is 1.64. The van der Waals surface area contributed by atoms with Gasteiger partial charge >= 0.3 is 0 Å². The predicted octanol–water partition coefficient (Wildman–Crippen LogP) is 2.57. The normalized spacial score (nSPS) is 21.1. The molecule has 1 saturated carbocycles. The molecule has 1 aliphatic carbocycles. The van der Waals surface area contributed by atoms with Crippen molar-refractivity contribution in [3.63, 3.8) is 0 Å². The number of carbonyl (C=O) groups excluding carboxylic acids is 2. The van der Waals surface area contributed by atoms with Crippen molar-refractivity contribution in [2.75, 3.05) is 45.9 Å². The Labute approximate surface area is 181 Å². The van der Waals surface area contributed by atoms with Crippen molar-refractivity contribution in [2.24, 2.45) is 0 Å². The van der Waals surface area contributed by atoms with Crippen LogP contribution < -0.4 is 0 Å². The van der Waals surface area contributed by atoms with Crippen LogP contribution in [0, 0.1) is 0 Å². The summed E-state index contributed by atoms with van der Waals surface area (Å²) in [5.41, 5.74) is 1.23. The van der Waals surface area contributed by atoms with Crippen molar-refractivity contribution in [2.45, 2.75) is 58.1 Å². The zero-order valence-electron chi connectivity index (χ0n) is 18.6. The Bertz CT molecular complexity index is 672. The summed E-state index contributed by atoms with van der Waals surface area (Å²) < 4.78 is 6.10. The van der Waals surface area contributed by atoms with Gasteiger partial charge < -0.3 is 14.5 Å². The van der Waals surface area contributed by atoms with Gasteiger partial charge in [0.05, 0.1) is 12.6 Å². The van der Waals surface area contributed by atoms with Gasteiger partial charge in [-0.05, 0) is 38.7 Å². The molecule has 1 saturated heterocycles. The Morgan fingerprint density at radius 3 is 2.47 bits per heavy atom. The van der Waals surface area contributed by atoms with Crippen molar-refractivity contribution < 1.29 is 14.3 Å². The molecule has 0 radical (unpaired) electrons. The third-order valence-corrected chi connectivity index (χ3v) is 6.47. The fraction of sp³-hybridized carbons (Fsp3) is 0.667. The molecule has 0 N–H and O–H groups in total. The molecule has 0 spiro atoms. The first-order valence-electron chi connectivity index (χ1n) is 11.6. The van der Waals surface area contributed by atoms with Crippen molar-refractivity contribution in [3.05, 3.63) is 35.9 Å². The summed E-state index contributed by atoms with van der Waals surface area (Å²) in [7, 11) is 0. The van der Waals surface area contributed by atoms with Crippen LogP contribution in [-0.4, -0.2) is 84.5 Å². The zero-order valence-corrected chi connectivity index (χ0v) is 18.6. The summed E-state index contributed by atoms with van der Waals surface area (Å²) in [6, 6.07) is 10.7. The zero-order chi connectivity index (χ0) is 21.3. The smallest absolute Gasteiger partial charge is 0.248 e. The van der Waals surface area contributed by atoms with E-state index in [1.165, 1.54) is 18.4 Å². The maximum atomic E-state index is 13.0. The summed E-state index contributed by atoms with van der Waals surface area (Å²) in [6.45, 7) is 7.88. The van der Waals surface area contributed by atoms with Gasteiger partial charge in [-0.25, -0.2) is 0 Å². The molecule has 166 valence electrons. The third-order valence-electron chi connectivity index (χ3n) is 6.47. The second-order valence-electron chi connectivity index (χ2n) is 8.44. The molecule has 2 aliphatic rings. The van der Waals surface area contributed by atoms with Crippen LogP contribution in [0.25, 0.3) is 0 Å². The molecular weight excluding hydrogens is 378 g/mol. The molecule has 6 heteroatoms. The monoisotopic (exact) mass is 415 g/mol. The highest BCUT2D eigenvalue weighted by Gasteiger charge is 2.33. The summed E-state index contributed by atoms with van der Waals surface area (Å²) >= 11 is 0. The number of hydrogen-bond acceptors (Lipinski definition) is 4. The largest absolute Gasteiger partial charge is 0.365 e. The van der Waals surface area contributed by atoms with Crippen LogP contribution in [0.3, 0.4) is 0 Å². The van der Waals surface area contributed by atoms with Gasteiger partial charge in [0.1, 0.15) is 6.61 Å². The molecule has 6 nitrogen and oxygen atoms in total. The Kier molecular flexibility index (Phi) is 8.70. The molecule has 2 fully saturated rings. The van der Waals surface area contributed by atoms with Crippen LogP contribution in [0.4, 0.5) is 0 Å². The van der Waals surface area contributed by atoms with Crippen LogP contribution in [0.2, 0.25) is 0 Å². The summed E-state index contributed by atoms with van der Waals surface area (Å²) in [4.78, 5) is 31.5. The third kappa shape index (κ3) is 6.29. The highest BCUT2D eigenvalue weighted by molar-refractivity contribution is 5.79. The summed E-state index contributed by atoms with van der Waals surface area (Å²) in [6.07, 6.45) is 5.48. The molecule has 1 aliphatic heterocycles. The lowest BCUT2D eigenvalue weighted by Gasteiger charge is -2.29. The minimum Gasteiger partial charge on any atom is -0.365 e. The SMILES string of the molecule is CCN(CC)C(=O)COC1CN(CCc2ccccc2)C(=O)CN(C2CCCC2)C1. The maximum absolute atomic E-state index is 13.0. The molecule has 1 heterocycles. The average molecular weight is 416 g/mol. The predicted molar refractivity (Wildman–Crippen MR) is 118 cm³/mol. The molecule has 1 atom stereocenters. The number of carbonyl (C=O) groups is 2. The molecule has 1 aromatic rings. The van der Waals surface area contributed by atoms with Gasteiger partial charge in [0, 0.05) is 38.8 Å². The molecule has 2 amide bonds. The number of nitrogens with zero attached hydrogens (tertiary/aromatic N) is 3. The minimum absolute atomic E-state index is 0.0267. The lowest BCUT2D eigenvalue weighted by Crippen LogP contribution is -2.42. The fourth-order valence-corrected chi connectivity index (χ4v) is 4.64. The van der Waals surface area contributed by atoms with Gasteiger partial charge in [-0.15, -0.1) is 0 Å². The van der Waals surface area contributed by atoms with E-state index in [-0.39, 0.29) is 24.5 Å². The van der Waals surface area contributed by atoms with Crippen LogP contribution >= 0.6 is 0 Å². The molecular formula is C24H37N3O3. The number of rotatable bonds is 9. The first-order valence-corrected chi connectivity index (χ1v) is 11.6. The van der Waals surface area contributed by atoms with E-state index in [9.17, 15) is 9.59 Å². The lowest BCUT2D eigenvalue weighted by molar-refractivity contribution is -0.138. The van der Waals surface area contributed by atoms with Crippen molar-refractivity contribution in [3.8, 4) is 0 Å². The Morgan fingerprint density at radius 2 is 1.80 bits per heavy atom. The van der Waals surface area contributed by atoms with Gasteiger partial charge in [0.15, 0.2) is 0 Å². The molecule has 0 aromatic heterocycles. The highest BCUT2D eigenvalue weighted by Crippen LogP contribution is 2.25. The lowest BCUT2D eigenvalue weighted by atomic mass is 10.1. The number of benzene rings is 1.